The maximum Gasteiger partial charge on any atom is 0.149 e. The Balaban J connectivity index is 3.14. The van der Waals surface area contributed by atoms with E-state index in [4.69, 9.17) is 0 Å². The summed E-state index contributed by atoms with van der Waals surface area (Å²) in [5.74, 6) is 0. The monoisotopic (exact) mass is 218 g/mol. The van der Waals surface area contributed by atoms with Crippen molar-refractivity contribution in [2.24, 2.45) is 0 Å². The minimum Gasteiger partial charge on any atom is -0.253 e. The van der Waals surface area contributed by atoms with Crippen LogP contribution < -0.4 is 0 Å². The number of aromatic nitrogens is 2. The summed E-state index contributed by atoms with van der Waals surface area (Å²) < 4.78 is 13.7. The van der Waals surface area contributed by atoms with E-state index in [0.29, 0.717) is 10.3 Å². The molecule has 0 saturated heterocycles. The second-order valence-electron chi connectivity index (χ2n) is 2.67. The van der Waals surface area contributed by atoms with Gasteiger partial charge in [-0.2, -0.15) is 0 Å². The summed E-state index contributed by atoms with van der Waals surface area (Å²) in [6.07, 6.45) is 2.99. The van der Waals surface area contributed by atoms with E-state index < -0.39 is 5.67 Å². The molecule has 1 heterocycles. The van der Waals surface area contributed by atoms with Crippen molar-refractivity contribution in [2.75, 3.05) is 0 Å². The fourth-order valence-corrected chi connectivity index (χ4v) is 1.41. The molecule has 0 unspecified atom stereocenters. The first-order chi connectivity index (χ1) is 5.02. The van der Waals surface area contributed by atoms with Gasteiger partial charge in [0.25, 0.3) is 0 Å². The lowest BCUT2D eigenvalue weighted by molar-refractivity contribution is 0.212. The zero-order chi connectivity index (χ0) is 8.48. The van der Waals surface area contributed by atoms with Gasteiger partial charge in [-0.3, -0.25) is 4.98 Å². The Morgan fingerprint density at radius 2 is 1.91 bits per heavy atom. The van der Waals surface area contributed by atoms with Gasteiger partial charge in [0.15, 0.2) is 0 Å². The summed E-state index contributed by atoms with van der Waals surface area (Å²) in [5, 5.41) is 0. The fourth-order valence-electron chi connectivity index (χ4n) is 0.720. The van der Waals surface area contributed by atoms with Crippen molar-refractivity contribution in [3.05, 3.63) is 22.7 Å². The quantitative estimate of drug-likeness (QED) is 0.724. The van der Waals surface area contributed by atoms with Gasteiger partial charge in [-0.25, -0.2) is 9.37 Å². The molecule has 60 valence electrons. The van der Waals surface area contributed by atoms with E-state index in [9.17, 15) is 4.39 Å². The molecule has 0 aliphatic heterocycles. The predicted molar refractivity (Wildman–Crippen MR) is 43.9 cm³/mol. The molecule has 0 fully saturated rings. The van der Waals surface area contributed by atoms with Gasteiger partial charge < -0.3 is 0 Å². The van der Waals surface area contributed by atoms with Gasteiger partial charge in [-0.05, 0) is 29.8 Å². The molecule has 0 bridgehead atoms. The highest BCUT2D eigenvalue weighted by Gasteiger charge is 2.23. The lowest BCUT2D eigenvalue weighted by Crippen LogP contribution is -2.12. The molecule has 0 amide bonds. The van der Waals surface area contributed by atoms with Gasteiger partial charge >= 0.3 is 0 Å². The molecular weight excluding hydrogens is 211 g/mol. The molecule has 0 spiro atoms. The third-order valence-corrected chi connectivity index (χ3v) is 1.80. The van der Waals surface area contributed by atoms with Crippen LogP contribution in [0.15, 0.2) is 17.0 Å². The number of alkyl halides is 1. The van der Waals surface area contributed by atoms with Crippen LogP contribution in [-0.2, 0) is 5.67 Å². The Bertz CT molecular complexity index is 257. The second-order valence-corrected chi connectivity index (χ2v) is 3.42. The molecule has 11 heavy (non-hydrogen) atoms. The van der Waals surface area contributed by atoms with Crippen LogP contribution in [0.1, 0.15) is 19.5 Å². The standard InChI is InChI=1S/C7H8BrFN2/c1-7(2,9)5-6(8)11-4-3-10-5/h3-4H,1-2H3. The molecule has 0 aromatic carbocycles. The average Bonchev–Trinajstić information content (AvgIpc) is 1.86. The largest absolute Gasteiger partial charge is 0.253 e. The minimum absolute atomic E-state index is 0.333. The molecule has 0 atom stereocenters. The van der Waals surface area contributed by atoms with Crippen molar-refractivity contribution in [3.8, 4) is 0 Å². The highest BCUT2D eigenvalue weighted by Crippen LogP contribution is 2.26. The summed E-state index contributed by atoms with van der Waals surface area (Å²) in [7, 11) is 0. The second kappa shape index (κ2) is 2.85. The summed E-state index contributed by atoms with van der Waals surface area (Å²) in [6, 6.07) is 0. The first-order valence-electron chi connectivity index (χ1n) is 3.17. The Labute approximate surface area is 73.0 Å². The van der Waals surface area contributed by atoms with Crippen LogP contribution in [0, 0.1) is 0 Å². The van der Waals surface area contributed by atoms with Crippen LogP contribution in [0.5, 0.6) is 0 Å². The molecule has 1 aromatic heterocycles. The molecule has 2 nitrogen and oxygen atoms in total. The number of nitrogens with zero attached hydrogens (tertiary/aromatic N) is 2. The van der Waals surface area contributed by atoms with E-state index in [1.54, 1.807) is 0 Å². The average molecular weight is 219 g/mol. The Hall–Kier alpha value is -0.510. The van der Waals surface area contributed by atoms with Crippen molar-refractivity contribution in [2.45, 2.75) is 19.5 Å². The van der Waals surface area contributed by atoms with Crippen LogP contribution in [0.3, 0.4) is 0 Å². The summed E-state index contributed by atoms with van der Waals surface area (Å²) in [5.41, 5.74) is -1.10. The normalized spacial score (nSPS) is 11.6. The lowest BCUT2D eigenvalue weighted by atomic mass is 10.1. The Kier molecular flexibility index (Phi) is 2.23. The first-order valence-corrected chi connectivity index (χ1v) is 3.97. The van der Waals surface area contributed by atoms with Crippen LogP contribution >= 0.6 is 15.9 Å². The van der Waals surface area contributed by atoms with E-state index in [-0.39, 0.29) is 0 Å². The predicted octanol–water partition coefficient (Wildman–Crippen LogP) is 2.44. The number of hydrogen-bond donors (Lipinski definition) is 0. The SMILES string of the molecule is CC(C)(F)c1nccnc1Br. The smallest absolute Gasteiger partial charge is 0.149 e. The van der Waals surface area contributed by atoms with Gasteiger partial charge in [0, 0.05) is 12.4 Å². The van der Waals surface area contributed by atoms with Crippen molar-refractivity contribution >= 4 is 15.9 Å². The van der Waals surface area contributed by atoms with Gasteiger partial charge in [-0.15, -0.1) is 0 Å². The maximum atomic E-state index is 13.2. The maximum absolute atomic E-state index is 13.2. The van der Waals surface area contributed by atoms with E-state index >= 15 is 0 Å². The number of hydrogen-bond acceptors (Lipinski definition) is 2. The molecule has 1 rings (SSSR count). The molecule has 0 aliphatic carbocycles. The van der Waals surface area contributed by atoms with Gasteiger partial charge in [0.1, 0.15) is 16.0 Å². The summed E-state index contributed by atoms with van der Waals surface area (Å²) >= 11 is 3.12. The number of rotatable bonds is 1. The summed E-state index contributed by atoms with van der Waals surface area (Å²) in [4.78, 5) is 7.72. The van der Waals surface area contributed by atoms with Crippen molar-refractivity contribution in [1.82, 2.24) is 9.97 Å². The minimum atomic E-state index is -1.44. The van der Waals surface area contributed by atoms with E-state index in [2.05, 4.69) is 25.9 Å². The van der Waals surface area contributed by atoms with Gasteiger partial charge in [0.05, 0.1) is 0 Å². The Morgan fingerprint density at radius 1 is 1.36 bits per heavy atom. The molecular formula is C7H8BrFN2. The van der Waals surface area contributed by atoms with Crippen molar-refractivity contribution in [1.29, 1.82) is 0 Å². The third-order valence-electron chi connectivity index (χ3n) is 1.22. The summed E-state index contributed by atoms with van der Waals surface area (Å²) in [6.45, 7) is 2.89. The third kappa shape index (κ3) is 1.96. The topological polar surface area (TPSA) is 25.8 Å². The van der Waals surface area contributed by atoms with E-state index in [1.165, 1.54) is 26.2 Å². The Morgan fingerprint density at radius 3 is 2.27 bits per heavy atom. The molecule has 4 heteroatoms. The number of halogens is 2. The van der Waals surface area contributed by atoms with Crippen LogP contribution in [0.2, 0.25) is 0 Å². The van der Waals surface area contributed by atoms with Gasteiger partial charge in [-0.1, -0.05) is 0 Å². The molecule has 0 aliphatic rings. The highest BCUT2D eigenvalue weighted by molar-refractivity contribution is 9.10. The van der Waals surface area contributed by atoms with Crippen molar-refractivity contribution < 1.29 is 4.39 Å². The zero-order valence-electron chi connectivity index (χ0n) is 6.31. The molecule has 0 radical (unpaired) electrons. The van der Waals surface area contributed by atoms with E-state index in [1.807, 2.05) is 0 Å². The molecule has 0 saturated carbocycles. The van der Waals surface area contributed by atoms with E-state index in [0.717, 1.165) is 0 Å². The molecule has 1 aromatic rings. The van der Waals surface area contributed by atoms with Crippen LogP contribution in [-0.4, -0.2) is 9.97 Å². The molecule has 0 N–H and O–H groups in total. The van der Waals surface area contributed by atoms with Crippen molar-refractivity contribution in [3.63, 3.8) is 0 Å². The van der Waals surface area contributed by atoms with Gasteiger partial charge in [0.2, 0.25) is 0 Å². The van der Waals surface area contributed by atoms with Crippen LogP contribution in [0.25, 0.3) is 0 Å². The lowest BCUT2D eigenvalue weighted by Gasteiger charge is -2.13. The first kappa shape index (κ1) is 8.59. The van der Waals surface area contributed by atoms with Crippen LogP contribution in [0.4, 0.5) is 4.39 Å². The highest BCUT2D eigenvalue weighted by atomic mass is 79.9. The fraction of sp³-hybridized carbons (Fsp3) is 0.429. The zero-order valence-corrected chi connectivity index (χ0v) is 7.89.